The zero-order chi connectivity index (χ0) is 14.6. The van der Waals surface area contributed by atoms with Gasteiger partial charge in [0.05, 0.1) is 5.56 Å². The highest BCUT2D eigenvalue weighted by Gasteiger charge is 2.59. The number of rotatable bonds is 1. The molecule has 4 heteroatoms. The van der Waals surface area contributed by atoms with Crippen LogP contribution >= 0.6 is 0 Å². The SMILES string of the molecule is Cc1cc(C)cc(C2=[N+]([O-])C(C)(C)C(C)(C)N2[O])c1. The van der Waals surface area contributed by atoms with Crippen molar-refractivity contribution >= 4 is 5.84 Å². The Morgan fingerprint density at radius 3 is 1.89 bits per heavy atom. The maximum absolute atomic E-state index is 12.5. The topological polar surface area (TPSA) is 49.2 Å². The average molecular weight is 261 g/mol. The Bertz CT molecular complexity index is 539. The lowest BCUT2D eigenvalue weighted by Gasteiger charge is -2.32. The number of hydrogen-bond acceptors (Lipinski definition) is 2. The van der Waals surface area contributed by atoms with Gasteiger partial charge in [-0.15, -0.1) is 0 Å². The third-order valence-electron chi connectivity index (χ3n) is 4.38. The molecule has 4 nitrogen and oxygen atoms in total. The molecule has 1 aliphatic rings. The van der Waals surface area contributed by atoms with Crippen LogP contribution in [0.2, 0.25) is 0 Å². The second kappa shape index (κ2) is 3.97. The normalized spacial score (nSPS) is 21.1. The molecule has 0 aromatic heterocycles. The number of amidine groups is 1. The molecule has 0 aliphatic carbocycles. The Labute approximate surface area is 114 Å². The maximum atomic E-state index is 12.5. The molecule has 0 atom stereocenters. The number of aryl methyl sites for hydroxylation is 2. The predicted octanol–water partition coefficient (Wildman–Crippen LogP) is 2.78. The lowest BCUT2D eigenvalue weighted by atomic mass is 9.84. The van der Waals surface area contributed by atoms with Gasteiger partial charge in [-0.25, -0.2) is 0 Å². The standard InChI is InChI=1S/C15H21N2O2/c1-10-7-11(2)9-12(8-10)13-16(18)14(3,4)15(5,6)17(13)19/h7-9H,1-6H3. The van der Waals surface area contributed by atoms with Crippen molar-refractivity contribution in [2.45, 2.75) is 52.6 Å². The quantitative estimate of drug-likeness (QED) is 0.576. The zero-order valence-electron chi connectivity index (χ0n) is 12.4. The van der Waals surface area contributed by atoms with Gasteiger partial charge >= 0.3 is 5.84 Å². The van der Waals surface area contributed by atoms with Crippen LogP contribution < -0.4 is 0 Å². The van der Waals surface area contributed by atoms with Crippen molar-refractivity contribution in [2.24, 2.45) is 0 Å². The fourth-order valence-electron chi connectivity index (χ4n) is 2.45. The van der Waals surface area contributed by atoms with E-state index in [4.69, 9.17) is 0 Å². The first-order valence-electron chi connectivity index (χ1n) is 6.49. The van der Waals surface area contributed by atoms with Crippen molar-refractivity contribution in [1.82, 2.24) is 5.06 Å². The van der Waals surface area contributed by atoms with E-state index in [-0.39, 0.29) is 5.84 Å². The second-order valence-electron chi connectivity index (χ2n) is 6.41. The summed E-state index contributed by atoms with van der Waals surface area (Å²) >= 11 is 0. The summed E-state index contributed by atoms with van der Waals surface area (Å²) in [5.41, 5.74) is 1.27. The van der Waals surface area contributed by atoms with E-state index in [1.54, 1.807) is 27.7 Å². The fraction of sp³-hybridized carbons (Fsp3) is 0.533. The molecule has 0 unspecified atom stereocenters. The molecular weight excluding hydrogens is 240 g/mol. The number of benzene rings is 1. The lowest BCUT2D eigenvalue weighted by molar-refractivity contribution is -0.539. The molecule has 0 amide bonds. The lowest BCUT2D eigenvalue weighted by Crippen LogP contribution is -2.53. The highest BCUT2D eigenvalue weighted by molar-refractivity contribution is 5.96. The molecule has 0 saturated heterocycles. The summed E-state index contributed by atoms with van der Waals surface area (Å²) in [5.74, 6) is 0.210. The highest BCUT2D eigenvalue weighted by atomic mass is 16.5. The van der Waals surface area contributed by atoms with Gasteiger partial charge in [-0.3, -0.25) is 4.74 Å². The van der Waals surface area contributed by atoms with E-state index < -0.39 is 11.1 Å². The maximum Gasteiger partial charge on any atom is 0.316 e. The van der Waals surface area contributed by atoms with E-state index in [9.17, 15) is 10.4 Å². The largest absolute Gasteiger partial charge is 0.714 e. The van der Waals surface area contributed by atoms with E-state index in [1.165, 1.54) is 0 Å². The van der Waals surface area contributed by atoms with Crippen molar-refractivity contribution in [3.8, 4) is 0 Å². The minimum absolute atomic E-state index is 0.210. The molecule has 19 heavy (non-hydrogen) atoms. The van der Waals surface area contributed by atoms with Crippen molar-refractivity contribution in [3.05, 3.63) is 40.1 Å². The van der Waals surface area contributed by atoms with Crippen LogP contribution in [0.25, 0.3) is 0 Å². The Hall–Kier alpha value is -1.55. The van der Waals surface area contributed by atoms with Crippen LogP contribution in [0, 0.1) is 19.1 Å². The van der Waals surface area contributed by atoms with Gasteiger partial charge in [-0.05, 0) is 64.8 Å². The third kappa shape index (κ3) is 1.82. The van der Waals surface area contributed by atoms with Gasteiger partial charge < -0.3 is 5.21 Å². The molecule has 1 aliphatic heterocycles. The highest BCUT2D eigenvalue weighted by Crippen LogP contribution is 2.37. The monoisotopic (exact) mass is 261 g/mol. The van der Waals surface area contributed by atoms with E-state index >= 15 is 0 Å². The van der Waals surface area contributed by atoms with Gasteiger partial charge in [0.25, 0.3) is 0 Å². The molecule has 1 radical (unpaired) electrons. The van der Waals surface area contributed by atoms with Crippen LogP contribution in [0.4, 0.5) is 0 Å². The van der Waals surface area contributed by atoms with Crippen LogP contribution in [0.5, 0.6) is 0 Å². The van der Waals surface area contributed by atoms with Crippen LogP contribution in [0.15, 0.2) is 18.2 Å². The molecular formula is C15H21N2O2. The second-order valence-corrected chi connectivity index (χ2v) is 6.41. The summed E-state index contributed by atoms with van der Waals surface area (Å²) in [6, 6.07) is 5.80. The molecule has 1 aromatic rings. The van der Waals surface area contributed by atoms with Crippen LogP contribution in [-0.2, 0) is 5.21 Å². The minimum Gasteiger partial charge on any atom is -0.714 e. The van der Waals surface area contributed by atoms with Gasteiger partial charge in [-0.1, -0.05) is 11.1 Å². The Kier molecular flexibility index (Phi) is 2.90. The van der Waals surface area contributed by atoms with Crippen LogP contribution in [0.3, 0.4) is 0 Å². The molecule has 1 heterocycles. The van der Waals surface area contributed by atoms with Crippen LogP contribution in [0.1, 0.15) is 44.4 Å². The molecule has 0 fully saturated rings. The van der Waals surface area contributed by atoms with Crippen molar-refractivity contribution in [1.29, 1.82) is 0 Å². The van der Waals surface area contributed by atoms with Crippen LogP contribution in [-0.4, -0.2) is 26.7 Å². The Morgan fingerprint density at radius 2 is 1.53 bits per heavy atom. The molecule has 2 rings (SSSR count). The molecule has 103 valence electrons. The minimum atomic E-state index is -0.762. The van der Waals surface area contributed by atoms with E-state index in [0.29, 0.717) is 5.56 Å². The summed E-state index contributed by atoms with van der Waals surface area (Å²) in [6.45, 7) is 11.2. The molecule has 0 bridgehead atoms. The first-order chi connectivity index (χ1) is 8.59. The van der Waals surface area contributed by atoms with Gasteiger partial charge in [0.15, 0.2) is 5.54 Å². The summed E-state index contributed by atoms with van der Waals surface area (Å²) in [7, 11) is 0. The first kappa shape index (κ1) is 13.9. The van der Waals surface area contributed by atoms with E-state index in [2.05, 4.69) is 0 Å². The zero-order valence-corrected chi connectivity index (χ0v) is 12.4. The van der Waals surface area contributed by atoms with Crippen molar-refractivity contribution < 1.29 is 9.95 Å². The number of hydrogen-bond donors (Lipinski definition) is 0. The third-order valence-corrected chi connectivity index (χ3v) is 4.38. The average Bonchev–Trinajstić information content (AvgIpc) is 2.37. The summed E-state index contributed by atoms with van der Waals surface area (Å²) in [6.07, 6.45) is 0. The Morgan fingerprint density at radius 1 is 1.05 bits per heavy atom. The molecule has 0 N–H and O–H groups in total. The van der Waals surface area contributed by atoms with Gasteiger partial charge in [0.2, 0.25) is 0 Å². The van der Waals surface area contributed by atoms with Gasteiger partial charge in [-0.2, -0.15) is 0 Å². The Balaban J connectivity index is 2.65. The summed E-state index contributed by atoms with van der Waals surface area (Å²) < 4.78 is 0.855. The predicted molar refractivity (Wildman–Crippen MR) is 74.3 cm³/mol. The van der Waals surface area contributed by atoms with E-state index in [1.807, 2.05) is 32.0 Å². The van der Waals surface area contributed by atoms with Gasteiger partial charge in [0.1, 0.15) is 5.54 Å². The fourth-order valence-corrected chi connectivity index (χ4v) is 2.45. The van der Waals surface area contributed by atoms with E-state index in [0.717, 1.165) is 20.9 Å². The summed E-state index contributed by atoms with van der Waals surface area (Å²) in [4.78, 5) is 0. The van der Waals surface area contributed by atoms with Gasteiger partial charge in [0, 0.05) is 5.21 Å². The molecule has 0 saturated carbocycles. The first-order valence-corrected chi connectivity index (χ1v) is 6.49. The van der Waals surface area contributed by atoms with Crippen molar-refractivity contribution in [2.75, 3.05) is 0 Å². The number of hydroxylamine groups is 3. The summed E-state index contributed by atoms with van der Waals surface area (Å²) in [5, 5.41) is 25.9. The molecule has 0 spiro atoms. The van der Waals surface area contributed by atoms with Crippen molar-refractivity contribution in [3.63, 3.8) is 0 Å². The molecule has 1 aromatic carbocycles. The number of nitrogens with zero attached hydrogens (tertiary/aromatic N) is 2. The smallest absolute Gasteiger partial charge is 0.316 e.